The van der Waals surface area contributed by atoms with Crippen LogP contribution in [0, 0.1) is 17.3 Å². The molecule has 0 radical (unpaired) electrons. The highest BCUT2D eigenvalue weighted by Gasteiger charge is 2.60. The van der Waals surface area contributed by atoms with Crippen molar-refractivity contribution in [3.63, 3.8) is 0 Å². The summed E-state index contributed by atoms with van der Waals surface area (Å²) in [5, 5.41) is 12.6. The fraction of sp³-hybridized carbons (Fsp3) is 0.667. The lowest BCUT2D eigenvalue weighted by Crippen LogP contribution is -2.16. The number of aromatic nitrogens is 2. The lowest BCUT2D eigenvalue weighted by atomic mass is 10.1. The average molecular weight is 293 g/mol. The van der Waals surface area contributed by atoms with Gasteiger partial charge in [0.2, 0.25) is 11.0 Å². The number of carbonyl (C=O) groups is 1. The molecule has 0 unspecified atom stereocenters. The number of hydrogen-bond donors (Lipinski definition) is 1. The van der Waals surface area contributed by atoms with Crippen molar-refractivity contribution in [3.8, 4) is 0 Å². The molecule has 1 amide bonds. The molecule has 1 aliphatic carbocycles. The van der Waals surface area contributed by atoms with Crippen LogP contribution in [0.4, 0.5) is 5.13 Å². The zero-order chi connectivity index (χ0) is 15.1. The standard InChI is InChI=1S/C15H23N3OS/c1-8(2)7-10-11(15(10,5)6)12(19)16-14-18-17-13(20-14)9(3)4/h7,9-11H,1-6H3,(H,16,18,19)/t10-,11-/m0/s1. The van der Waals surface area contributed by atoms with Gasteiger partial charge in [-0.3, -0.25) is 4.79 Å². The summed E-state index contributed by atoms with van der Waals surface area (Å²) in [6.45, 7) is 12.6. The topological polar surface area (TPSA) is 54.9 Å². The Balaban J connectivity index is 2.04. The molecule has 1 N–H and O–H groups in total. The molecule has 20 heavy (non-hydrogen) atoms. The van der Waals surface area contributed by atoms with Crippen LogP contribution in [-0.2, 0) is 4.79 Å². The molecule has 1 aliphatic rings. The van der Waals surface area contributed by atoms with Crippen molar-refractivity contribution in [2.24, 2.45) is 17.3 Å². The van der Waals surface area contributed by atoms with Gasteiger partial charge in [0.15, 0.2) is 0 Å². The third-order valence-corrected chi connectivity index (χ3v) is 5.01. The molecule has 1 aromatic heterocycles. The van der Waals surface area contributed by atoms with E-state index >= 15 is 0 Å². The van der Waals surface area contributed by atoms with Crippen molar-refractivity contribution in [1.29, 1.82) is 0 Å². The molecule has 0 spiro atoms. The Morgan fingerprint density at radius 2 is 2.00 bits per heavy atom. The molecule has 5 heteroatoms. The fourth-order valence-corrected chi connectivity index (χ4v) is 3.30. The minimum atomic E-state index is 0.0313. The Hall–Kier alpha value is -1.23. The normalized spacial score (nSPS) is 23.6. The third-order valence-electron chi connectivity index (χ3n) is 3.87. The van der Waals surface area contributed by atoms with Gasteiger partial charge < -0.3 is 5.32 Å². The first-order chi connectivity index (χ1) is 9.23. The SMILES string of the molecule is CC(C)=C[C@H]1[C@@H](C(=O)Nc2nnc(C(C)C)s2)C1(C)C. The number of allylic oxidation sites excluding steroid dienone is 2. The summed E-state index contributed by atoms with van der Waals surface area (Å²) in [4.78, 5) is 12.4. The van der Waals surface area contributed by atoms with Crippen molar-refractivity contribution >= 4 is 22.4 Å². The first kappa shape index (κ1) is 15.2. The highest BCUT2D eigenvalue weighted by molar-refractivity contribution is 7.15. The first-order valence-electron chi connectivity index (χ1n) is 7.02. The van der Waals surface area contributed by atoms with Gasteiger partial charge in [-0.1, -0.05) is 50.7 Å². The van der Waals surface area contributed by atoms with Gasteiger partial charge in [-0.05, 0) is 25.2 Å². The van der Waals surface area contributed by atoms with E-state index in [0.29, 0.717) is 17.0 Å². The second kappa shape index (κ2) is 5.28. The number of nitrogens with zero attached hydrogens (tertiary/aromatic N) is 2. The van der Waals surface area contributed by atoms with E-state index in [1.54, 1.807) is 0 Å². The molecular formula is C15H23N3OS. The molecule has 0 aliphatic heterocycles. The summed E-state index contributed by atoms with van der Waals surface area (Å²) in [6, 6.07) is 0. The third kappa shape index (κ3) is 2.92. The van der Waals surface area contributed by atoms with Crippen molar-refractivity contribution < 1.29 is 4.79 Å². The van der Waals surface area contributed by atoms with Crippen LogP contribution < -0.4 is 5.32 Å². The van der Waals surface area contributed by atoms with Crippen molar-refractivity contribution in [1.82, 2.24) is 10.2 Å². The van der Waals surface area contributed by atoms with Crippen LogP contribution in [0.3, 0.4) is 0 Å². The van der Waals surface area contributed by atoms with Crippen LogP contribution in [0.25, 0.3) is 0 Å². The first-order valence-corrected chi connectivity index (χ1v) is 7.84. The average Bonchev–Trinajstić information content (AvgIpc) is 2.71. The summed E-state index contributed by atoms with van der Waals surface area (Å²) < 4.78 is 0. The lowest BCUT2D eigenvalue weighted by molar-refractivity contribution is -0.118. The van der Waals surface area contributed by atoms with E-state index in [4.69, 9.17) is 0 Å². The van der Waals surface area contributed by atoms with E-state index < -0.39 is 0 Å². The number of hydrogen-bond acceptors (Lipinski definition) is 4. The number of rotatable bonds is 4. The molecule has 0 saturated heterocycles. The smallest absolute Gasteiger partial charge is 0.230 e. The van der Waals surface area contributed by atoms with E-state index in [-0.39, 0.29) is 17.2 Å². The minimum absolute atomic E-state index is 0.0313. The Morgan fingerprint density at radius 1 is 1.35 bits per heavy atom. The molecule has 1 fully saturated rings. The lowest BCUT2D eigenvalue weighted by Gasteiger charge is -2.02. The summed E-state index contributed by atoms with van der Waals surface area (Å²) in [6.07, 6.45) is 2.20. The molecule has 1 aromatic rings. The van der Waals surface area contributed by atoms with Crippen LogP contribution in [-0.4, -0.2) is 16.1 Å². The number of nitrogens with one attached hydrogen (secondary N) is 1. The Bertz CT molecular complexity index is 541. The Morgan fingerprint density at radius 3 is 2.50 bits per heavy atom. The quantitative estimate of drug-likeness (QED) is 0.858. The Labute approximate surface area is 124 Å². The second-order valence-corrected chi connectivity index (χ2v) is 7.67. The monoisotopic (exact) mass is 293 g/mol. The maximum absolute atomic E-state index is 12.4. The number of anilines is 1. The maximum Gasteiger partial charge on any atom is 0.230 e. The molecule has 4 nitrogen and oxygen atoms in total. The molecule has 1 heterocycles. The fourth-order valence-electron chi connectivity index (χ4n) is 2.55. The zero-order valence-corrected chi connectivity index (χ0v) is 13.8. The molecule has 2 rings (SSSR count). The van der Waals surface area contributed by atoms with Crippen molar-refractivity contribution in [2.75, 3.05) is 5.32 Å². The molecule has 0 bridgehead atoms. The van der Waals surface area contributed by atoms with Crippen LogP contribution in [0.2, 0.25) is 0 Å². The van der Waals surface area contributed by atoms with Gasteiger partial charge in [0.05, 0.1) is 5.92 Å². The minimum Gasteiger partial charge on any atom is -0.300 e. The molecule has 2 atom stereocenters. The zero-order valence-electron chi connectivity index (χ0n) is 13.0. The van der Waals surface area contributed by atoms with E-state index in [9.17, 15) is 4.79 Å². The predicted molar refractivity (Wildman–Crippen MR) is 82.8 cm³/mol. The highest BCUT2D eigenvalue weighted by Crippen LogP contribution is 2.59. The van der Waals surface area contributed by atoms with E-state index in [0.717, 1.165) is 5.01 Å². The molecule has 1 saturated carbocycles. The largest absolute Gasteiger partial charge is 0.300 e. The van der Waals surface area contributed by atoms with E-state index in [2.05, 4.69) is 63.1 Å². The highest BCUT2D eigenvalue weighted by atomic mass is 32.1. The van der Waals surface area contributed by atoms with Crippen LogP contribution >= 0.6 is 11.3 Å². The molecule has 0 aromatic carbocycles. The van der Waals surface area contributed by atoms with Crippen molar-refractivity contribution in [2.45, 2.75) is 47.5 Å². The van der Waals surface area contributed by atoms with Crippen molar-refractivity contribution in [3.05, 3.63) is 16.7 Å². The van der Waals surface area contributed by atoms with Gasteiger partial charge in [-0.15, -0.1) is 10.2 Å². The van der Waals surface area contributed by atoms with Gasteiger partial charge in [-0.2, -0.15) is 0 Å². The molecular weight excluding hydrogens is 270 g/mol. The van der Waals surface area contributed by atoms with E-state index in [1.807, 2.05) is 0 Å². The predicted octanol–water partition coefficient (Wildman–Crippen LogP) is 3.84. The summed E-state index contributed by atoms with van der Waals surface area (Å²) in [7, 11) is 0. The molecule has 110 valence electrons. The van der Waals surface area contributed by atoms with Gasteiger partial charge >= 0.3 is 0 Å². The van der Waals surface area contributed by atoms with Gasteiger partial charge in [-0.25, -0.2) is 0 Å². The Kier molecular flexibility index (Phi) is 4.00. The summed E-state index contributed by atoms with van der Waals surface area (Å²) in [5.41, 5.74) is 1.30. The summed E-state index contributed by atoms with van der Waals surface area (Å²) in [5.74, 6) is 0.756. The second-order valence-electron chi connectivity index (χ2n) is 6.66. The van der Waals surface area contributed by atoms with E-state index in [1.165, 1.54) is 16.9 Å². The maximum atomic E-state index is 12.4. The van der Waals surface area contributed by atoms with Crippen LogP contribution in [0.5, 0.6) is 0 Å². The van der Waals surface area contributed by atoms with Gasteiger partial charge in [0, 0.05) is 5.92 Å². The number of carbonyl (C=O) groups excluding carboxylic acids is 1. The van der Waals surface area contributed by atoms with Crippen LogP contribution in [0.1, 0.15) is 52.5 Å². The van der Waals surface area contributed by atoms with Crippen LogP contribution in [0.15, 0.2) is 11.6 Å². The summed E-state index contributed by atoms with van der Waals surface area (Å²) >= 11 is 1.46. The van der Waals surface area contributed by atoms with Gasteiger partial charge in [0.1, 0.15) is 5.01 Å². The van der Waals surface area contributed by atoms with Gasteiger partial charge in [0.25, 0.3) is 0 Å². The number of amides is 1.